The van der Waals surface area contributed by atoms with Crippen molar-refractivity contribution in [2.75, 3.05) is 17.3 Å². The van der Waals surface area contributed by atoms with Crippen molar-refractivity contribution < 1.29 is 0 Å². The minimum atomic E-state index is 0.623. The topological polar surface area (TPSA) is 23.8 Å². The maximum absolute atomic E-state index is 8.75. The second kappa shape index (κ2) is 15.1. The molecule has 2 aliphatic rings. The third-order valence-corrected chi connectivity index (χ3v) is 15.1. The van der Waals surface area contributed by atoms with Crippen LogP contribution in [0.25, 0.3) is 0 Å². The van der Waals surface area contributed by atoms with Crippen molar-refractivity contribution in [3.8, 4) is 6.07 Å². The van der Waals surface area contributed by atoms with Gasteiger partial charge in [-0.25, -0.2) is 0 Å². The molecule has 8 heteroatoms. The highest BCUT2D eigenvalue weighted by atomic mass is 32.3. The van der Waals surface area contributed by atoms with Crippen LogP contribution in [0, 0.1) is 23.2 Å². The van der Waals surface area contributed by atoms with Gasteiger partial charge >= 0.3 is 0 Å². The van der Waals surface area contributed by atoms with Gasteiger partial charge in [0, 0.05) is 23.7 Å². The van der Waals surface area contributed by atoms with E-state index < -0.39 is 0 Å². The van der Waals surface area contributed by atoms with E-state index in [2.05, 4.69) is 62.7 Å². The molecule has 0 saturated heterocycles. The molecule has 29 heavy (non-hydrogen) atoms. The first-order valence-corrected chi connectivity index (χ1v) is 16.6. The van der Waals surface area contributed by atoms with Gasteiger partial charge in [-0.05, 0) is 17.2 Å². The molecule has 0 saturated carbocycles. The van der Waals surface area contributed by atoms with Crippen molar-refractivity contribution in [1.82, 2.24) is 0 Å². The van der Waals surface area contributed by atoms with Gasteiger partial charge < -0.3 is 0 Å². The van der Waals surface area contributed by atoms with Gasteiger partial charge in [-0.1, -0.05) is 100 Å². The average molecular weight is 522 g/mol. The van der Waals surface area contributed by atoms with Crippen LogP contribution < -0.4 is 0 Å². The molecule has 2 rings (SSSR count). The minimum Gasteiger partial charge on any atom is -0.198 e. The highest BCUT2D eigenvalue weighted by molar-refractivity contribution is 8.43. The Kier molecular flexibility index (Phi) is 13.7. The molecule has 0 aromatic heterocycles. The molecule has 2 aliphatic heterocycles. The van der Waals surface area contributed by atoms with E-state index in [-0.39, 0.29) is 0 Å². The maximum atomic E-state index is 8.75. The summed E-state index contributed by atoms with van der Waals surface area (Å²) >= 11 is 13.8. The van der Waals surface area contributed by atoms with E-state index in [4.69, 9.17) is 5.26 Å². The highest BCUT2D eigenvalue weighted by Gasteiger charge is 2.28. The summed E-state index contributed by atoms with van der Waals surface area (Å²) in [6, 6.07) is 2.24. The van der Waals surface area contributed by atoms with E-state index in [0.717, 1.165) is 17.6 Å². The minimum absolute atomic E-state index is 0.623. The summed E-state index contributed by atoms with van der Waals surface area (Å²) in [5.74, 6) is 5.01. The van der Waals surface area contributed by atoms with E-state index in [1.807, 2.05) is 58.8 Å². The molecule has 1 nitrogen and oxygen atoms in total. The first-order valence-electron chi connectivity index (χ1n) is 10.3. The fourth-order valence-corrected chi connectivity index (χ4v) is 13.0. The van der Waals surface area contributed by atoms with Crippen LogP contribution in [0.2, 0.25) is 0 Å². The van der Waals surface area contributed by atoms with Crippen molar-refractivity contribution in [2.45, 2.75) is 59.8 Å². The standard InChI is InChI=1S/C21H31NS7/c1-5-15(6-2)12-24-18-19(25-13-16(7-3)8-4)29-21(28-18)20-26-14-17(27-20)23-11-9-10-22/h14-16H,5-9,11-13H2,1-4H3. The lowest BCUT2D eigenvalue weighted by atomic mass is 10.1. The van der Waals surface area contributed by atoms with E-state index in [9.17, 15) is 0 Å². The Bertz CT molecular complexity index is 624. The molecule has 0 atom stereocenters. The second-order valence-electron chi connectivity index (χ2n) is 6.75. The lowest BCUT2D eigenvalue weighted by Gasteiger charge is -2.14. The van der Waals surface area contributed by atoms with Crippen LogP contribution in [0.15, 0.2) is 26.6 Å². The Hall–Kier alpha value is 1.16. The molecular formula is C21H31NS7. The Labute approximate surface area is 207 Å². The second-order valence-corrected chi connectivity index (χ2v) is 15.2. The molecule has 162 valence electrons. The number of hydrogen-bond acceptors (Lipinski definition) is 8. The van der Waals surface area contributed by atoms with Crippen LogP contribution in [0.4, 0.5) is 0 Å². The van der Waals surface area contributed by atoms with Crippen LogP contribution in [0.5, 0.6) is 0 Å². The van der Waals surface area contributed by atoms with Crippen molar-refractivity contribution in [1.29, 1.82) is 5.26 Å². The zero-order chi connectivity index (χ0) is 21.1. The molecule has 0 aliphatic carbocycles. The van der Waals surface area contributed by atoms with Crippen molar-refractivity contribution in [2.24, 2.45) is 11.8 Å². The Morgan fingerprint density at radius 3 is 1.86 bits per heavy atom. The largest absolute Gasteiger partial charge is 0.198 e. The van der Waals surface area contributed by atoms with Crippen LogP contribution in [0.3, 0.4) is 0 Å². The first-order chi connectivity index (χ1) is 14.1. The predicted octanol–water partition coefficient (Wildman–Crippen LogP) is 9.98. The molecular weight excluding hydrogens is 491 g/mol. The third-order valence-electron chi connectivity index (χ3n) is 4.83. The zero-order valence-corrected chi connectivity index (χ0v) is 23.4. The highest BCUT2D eigenvalue weighted by Crippen LogP contribution is 2.63. The fraction of sp³-hybridized carbons (Fsp3) is 0.667. The fourth-order valence-electron chi connectivity index (χ4n) is 2.56. The Balaban J connectivity index is 2.01. The van der Waals surface area contributed by atoms with Gasteiger partial charge in [0.05, 0.1) is 27.3 Å². The van der Waals surface area contributed by atoms with Crippen LogP contribution in [-0.4, -0.2) is 17.3 Å². The molecule has 0 unspecified atom stereocenters. The first kappa shape index (κ1) is 26.4. The van der Waals surface area contributed by atoms with Gasteiger partial charge in [-0.2, -0.15) is 5.26 Å². The molecule has 0 amide bonds. The molecule has 0 bridgehead atoms. The van der Waals surface area contributed by atoms with Crippen LogP contribution in [-0.2, 0) is 0 Å². The molecule has 0 radical (unpaired) electrons. The van der Waals surface area contributed by atoms with E-state index >= 15 is 0 Å². The predicted molar refractivity (Wildman–Crippen MR) is 148 cm³/mol. The smallest absolute Gasteiger partial charge is 0.0717 e. The maximum Gasteiger partial charge on any atom is 0.0717 e. The molecule has 2 heterocycles. The summed E-state index contributed by atoms with van der Waals surface area (Å²) in [7, 11) is 0. The van der Waals surface area contributed by atoms with Gasteiger partial charge in [0.1, 0.15) is 0 Å². The SMILES string of the molecule is CCC(CC)CSC1=C(SCC(CC)CC)SC(=C2SC=C(SCCC#N)S2)S1. The van der Waals surface area contributed by atoms with Crippen molar-refractivity contribution in [3.05, 3.63) is 26.6 Å². The van der Waals surface area contributed by atoms with E-state index in [1.165, 1.54) is 58.4 Å². The van der Waals surface area contributed by atoms with Gasteiger partial charge in [-0.15, -0.1) is 35.3 Å². The lowest BCUT2D eigenvalue weighted by molar-refractivity contribution is 0.554. The molecule has 0 aromatic carbocycles. The number of thioether (sulfide) groups is 7. The number of nitriles is 1. The Morgan fingerprint density at radius 2 is 1.38 bits per heavy atom. The summed E-state index contributed by atoms with van der Waals surface area (Å²) < 4.78 is 7.31. The van der Waals surface area contributed by atoms with Crippen LogP contribution in [0.1, 0.15) is 59.8 Å². The molecule has 0 spiro atoms. The quantitative estimate of drug-likeness (QED) is 0.221. The monoisotopic (exact) mass is 521 g/mol. The normalized spacial score (nSPS) is 17.1. The van der Waals surface area contributed by atoms with Gasteiger partial charge in [0.15, 0.2) is 0 Å². The number of hydrogen-bond donors (Lipinski definition) is 0. The van der Waals surface area contributed by atoms with Gasteiger partial charge in [0.25, 0.3) is 0 Å². The lowest BCUT2D eigenvalue weighted by Crippen LogP contribution is -2.00. The van der Waals surface area contributed by atoms with Crippen LogP contribution >= 0.6 is 82.3 Å². The van der Waals surface area contributed by atoms with E-state index in [1.54, 1.807) is 0 Å². The summed E-state index contributed by atoms with van der Waals surface area (Å²) in [5.41, 5.74) is 0. The molecule has 0 N–H and O–H groups in total. The van der Waals surface area contributed by atoms with Gasteiger partial charge in [0.2, 0.25) is 0 Å². The average Bonchev–Trinajstić information content (AvgIpc) is 3.37. The third kappa shape index (κ3) is 8.90. The summed E-state index contributed by atoms with van der Waals surface area (Å²) in [5, 5.41) is 11.0. The summed E-state index contributed by atoms with van der Waals surface area (Å²) in [6.07, 6.45) is 5.72. The zero-order valence-electron chi connectivity index (χ0n) is 17.7. The van der Waals surface area contributed by atoms with Crippen molar-refractivity contribution >= 4 is 82.3 Å². The summed E-state index contributed by atoms with van der Waals surface area (Å²) in [6.45, 7) is 9.27. The summed E-state index contributed by atoms with van der Waals surface area (Å²) in [4.78, 5) is 0. The molecule has 0 aromatic rings. The van der Waals surface area contributed by atoms with Gasteiger partial charge in [-0.3, -0.25) is 0 Å². The Morgan fingerprint density at radius 1 is 0.828 bits per heavy atom. The van der Waals surface area contributed by atoms with Crippen molar-refractivity contribution in [3.63, 3.8) is 0 Å². The number of rotatable bonds is 13. The van der Waals surface area contributed by atoms with E-state index in [0.29, 0.717) is 6.42 Å². The number of nitrogens with zero attached hydrogens (tertiary/aromatic N) is 1. The molecule has 0 fully saturated rings.